The highest BCUT2D eigenvalue weighted by molar-refractivity contribution is 7.00. The summed E-state index contributed by atoms with van der Waals surface area (Å²) in [5.74, 6) is 1.58. The lowest BCUT2D eigenvalue weighted by atomic mass is 9.33. The van der Waals surface area contributed by atoms with Crippen molar-refractivity contribution in [2.24, 2.45) is 0 Å². The van der Waals surface area contributed by atoms with Gasteiger partial charge < -0.3 is 19.1 Å². The summed E-state index contributed by atoms with van der Waals surface area (Å²) in [4.78, 5) is 5.23. The van der Waals surface area contributed by atoms with Crippen LogP contribution in [0.3, 0.4) is 0 Å². The molecule has 1 aromatic heterocycles. The predicted molar refractivity (Wildman–Crippen MR) is 347 cm³/mol. The van der Waals surface area contributed by atoms with Gasteiger partial charge in [0.1, 0.15) is 11.5 Å². The maximum absolute atomic E-state index is 7.34. The van der Waals surface area contributed by atoms with Crippen LogP contribution in [0.15, 0.2) is 303 Å². The average molecular weight is 1060 g/mol. The number of ether oxygens (including phenoxy) is 1. The van der Waals surface area contributed by atoms with Gasteiger partial charge in [0.05, 0.1) is 22.4 Å². The van der Waals surface area contributed by atoms with E-state index in [0.29, 0.717) is 0 Å². The molecule has 83 heavy (non-hydrogen) atoms. The van der Waals surface area contributed by atoms with Crippen molar-refractivity contribution in [3.63, 3.8) is 0 Å². The zero-order valence-corrected chi connectivity index (χ0v) is 45.2. The van der Waals surface area contributed by atoms with Crippen molar-refractivity contribution in [1.29, 1.82) is 0 Å². The van der Waals surface area contributed by atoms with Gasteiger partial charge in [-0.05, 0) is 116 Å². The second kappa shape index (κ2) is 18.9. The number of hydrogen-bond acceptors (Lipinski definition) is 3. The number of nitrogens with zero attached hydrogens (tertiary/aromatic N) is 3. The first-order valence-electron chi connectivity index (χ1n) is 28.6. The molecular weight excluding hydrogens is 1010 g/mol. The summed E-state index contributed by atoms with van der Waals surface area (Å²) in [6, 6.07) is 112. The second-order valence-corrected chi connectivity index (χ2v) is 21.9. The molecule has 0 aliphatic carbocycles. The van der Waals surface area contributed by atoms with Crippen LogP contribution in [0.25, 0.3) is 94.3 Å². The lowest BCUT2D eigenvalue weighted by molar-refractivity contribution is 0.486. The summed E-state index contributed by atoms with van der Waals surface area (Å²) in [5.41, 5.74) is 27.0. The summed E-state index contributed by atoms with van der Waals surface area (Å²) in [6.07, 6.45) is 0. The summed E-state index contributed by atoms with van der Waals surface area (Å²) in [5, 5.41) is 2.42. The third-order valence-corrected chi connectivity index (χ3v) is 17.3. The summed E-state index contributed by atoms with van der Waals surface area (Å²) in [6.45, 7) is -0.241. The van der Waals surface area contributed by atoms with Gasteiger partial charge in [-0.25, -0.2) is 0 Å². The van der Waals surface area contributed by atoms with Crippen LogP contribution in [0.1, 0.15) is 0 Å². The number of hydrogen-bond donors (Lipinski definition) is 0. The molecule has 4 nitrogen and oxygen atoms in total. The average Bonchev–Trinajstić information content (AvgIpc) is 2.13. The Bertz CT molecular complexity index is 4830. The van der Waals surface area contributed by atoms with Crippen molar-refractivity contribution in [3.8, 4) is 83.9 Å². The molecule has 0 saturated carbocycles. The zero-order chi connectivity index (χ0) is 54.5. The molecule has 14 aromatic rings. The van der Waals surface area contributed by atoms with Crippen molar-refractivity contribution < 1.29 is 4.74 Å². The highest BCUT2D eigenvalue weighted by Crippen LogP contribution is 2.56. The highest BCUT2D eigenvalue weighted by Gasteiger charge is 2.46. The third-order valence-electron chi connectivity index (χ3n) is 17.3. The van der Waals surface area contributed by atoms with Crippen molar-refractivity contribution >= 4 is 79.0 Å². The number of anilines is 6. The van der Waals surface area contributed by atoms with E-state index in [1.807, 2.05) is 0 Å². The normalized spacial score (nSPS) is 12.6. The van der Waals surface area contributed by atoms with Gasteiger partial charge in [-0.2, -0.15) is 0 Å². The Kier molecular flexibility index (Phi) is 10.7. The van der Waals surface area contributed by atoms with E-state index in [4.69, 9.17) is 4.74 Å². The molecule has 0 bridgehead atoms. The quantitative estimate of drug-likeness (QED) is 0.155. The van der Waals surface area contributed by atoms with Crippen LogP contribution in [-0.2, 0) is 0 Å². The molecule has 4 heterocycles. The van der Waals surface area contributed by atoms with Crippen LogP contribution in [0.5, 0.6) is 11.5 Å². The third kappa shape index (κ3) is 7.41. The lowest BCUT2D eigenvalue weighted by Gasteiger charge is -2.46. The van der Waals surface area contributed by atoms with E-state index < -0.39 is 0 Å². The van der Waals surface area contributed by atoms with E-state index in [-0.39, 0.29) is 6.71 Å². The van der Waals surface area contributed by atoms with Gasteiger partial charge in [0.15, 0.2) is 0 Å². The Morgan fingerprint density at radius 1 is 0.265 bits per heavy atom. The molecule has 0 amide bonds. The minimum Gasteiger partial charge on any atom is -0.456 e. The molecule has 3 aliphatic rings. The molecule has 13 aromatic carbocycles. The molecule has 3 aliphatic heterocycles. The van der Waals surface area contributed by atoms with Crippen LogP contribution in [0, 0.1) is 0 Å². The topological polar surface area (TPSA) is 20.6 Å². The van der Waals surface area contributed by atoms with Crippen molar-refractivity contribution in [2.45, 2.75) is 0 Å². The molecule has 0 spiro atoms. The Labute approximate surface area is 482 Å². The fourth-order valence-corrected chi connectivity index (χ4v) is 13.7. The Morgan fingerprint density at radius 3 is 1.37 bits per heavy atom. The van der Waals surface area contributed by atoms with Gasteiger partial charge in [0.25, 0.3) is 6.71 Å². The SMILES string of the molecule is c1ccc(-c2ccc(N3c4ccc(-c5ccccc5)cc4B4c5cc(-c6ccccc6)cc6c5N(c5cc(-n7c8ccccc8c8ccccc87)cc3c54)c3c(-c4ccccc4)cccc3-c3ccccc3Oc3ccccc3-6)cc2)cc1. The first kappa shape index (κ1) is 47.0. The number of fused-ring (bicyclic) bond motifs is 13. The first-order valence-corrected chi connectivity index (χ1v) is 28.6. The van der Waals surface area contributed by atoms with Crippen LogP contribution in [0.4, 0.5) is 34.1 Å². The Hall–Kier alpha value is -10.9. The van der Waals surface area contributed by atoms with Crippen LogP contribution < -0.4 is 30.9 Å². The molecule has 0 N–H and O–H groups in total. The van der Waals surface area contributed by atoms with Gasteiger partial charge in [-0.1, -0.05) is 243 Å². The van der Waals surface area contributed by atoms with E-state index in [2.05, 4.69) is 318 Å². The van der Waals surface area contributed by atoms with E-state index in [9.17, 15) is 0 Å². The maximum Gasteiger partial charge on any atom is 0.252 e. The van der Waals surface area contributed by atoms with Crippen molar-refractivity contribution in [2.75, 3.05) is 9.80 Å². The summed E-state index contributed by atoms with van der Waals surface area (Å²) in [7, 11) is 0. The van der Waals surface area contributed by atoms with Crippen LogP contribution >= 0.6 is 0 Å². The molecule has 0 radical (unpaired) electrons. The minimum atomic E-state index is -0.241. The fourth-order valence-electron chi connectivity index (χ4n) is 13.7. The van der Waals surface area contributed by atoms with Gasteiger partial charge in [-0.15, -0.1) is 0 Å². The molecule has 0 unspecified atom stereocenters. The number of rotatable bonds is 6. The molecule has 0 fully saturated rings. The van der Waals surface area contributed by atoms with Gasteiger partial charge >= 0.3 is 0 Å². The van der Waals surface area contributed by atoms with E-state index in [1.54, 1.807) is 0 Å². The lowest BCUT2D eigenvalue weighted by Crippen LogP contribution is -2.61. The van der Waals surface area contributed by atoms with Crippen molar-refractivity contribution in [3.05, 3.63) is 303 Å². The Balaban J connectivity index is 1.08. The second-order valence-electron chi connectivity index (χ2n) is 21.9. The van der Waals surface area contributed by atoms with Gasteiger partial charge in [0, 0.05) is 67.0 Å². The molecule has 386 valence electrons. The summed E-state index contributed by atoms with van der Waals surface area (Å²) >= 11 is 0. The largest absolute Gasteiger partial charge is 0.456 e. The van der Waals surface area contributed by atoms with Crippen molar-refractivity contribution in [1.82, 2.24) is 4.57 Å². The molecule has 0 saturated heterocycles. The fraction of sp³-hybridized carbons (Fsp3) is 0. The molecular formula is C78H50BN3O. The molecule has 0 atom stereocenters. The zero-order valence-electron chi connectivity index (χ0n) is 45.2. The molecule has 5 heteroatoms. The van der Waals surface area contributed by atoms with Gasteiger partial charge in [-0.3, -0.25) is 0 Å². The number of aromatic nitrogens is 1. The highest BCUT2D eigenvalue weighted by atomic mass is 16.5. The van der Waals surface area contributed by atoms with E-state index in [0.717, 1.165) is 107 Å². The Morgan fingerprint density at radius 2 is 0.735 bits per heavy atom. The van der Waals surface area contributed by atoms with E-state index in [1.165, 1.54) is 49.4 Å². The maximum atomic E-state index is 7.34. The van der Waals surface area contributed by atoms with Gasteiger partial charge in [0.2, 0.25) is 0 Å². The predicted octanol–water partition coefficient (Wildman–Crippen LogP) is 19.0. The monoisotopic (exact) mass is 1060 g/mol. The summed E-state index contributed by atoms with van der Waals surface area (Å²) < 4.78 is 9.84. The van der Waals surface area contributed by atoms with Crippen LogP contribution in [-0.4, -0.2) is 11.3 Å². The first-order chi connectivity index (χ1) is 41.2. The standard InChI is InChI=1S/C78H50BN3O/c1-5-22-51(23-6-1)54-40-43-58(44-41-54)80-71-45-42-56(52-24-7-2-8-25-52)47-67(71)79-68-48-57(53-26-9-3-10-27-53)46-66-64-33-16-20-39-75(64)83-74-38-19-15-32-63(74)65-35-21-34-60(55-28-11-4-12-29-55)77(65)82(78(66)68)73-50-59(49-72(80)76(73)79)81-69-36-17-13-30-61(69)62-31-14-18-37-70(62)81/h1-50H. The van der Waals surface area contributed by atoms with Crippen LogP contribution in [0.2, 0.25) is 0 Å². The van der Waals surface area contributed by atoms with E-state index >= 15 is 0 Å². The minimum absolute atomic E-state index is 0.241. The molecule has 17 rings (SSSR count). The smallest absolute Gasteiger partial charge is 0.252 e. The number of para-hydroxylation sites is 5. The number of benzene rings is 13.